The summed E-state index contributed by atoms with van der Waals surface area (Å²) in [6.07, 6.45) is -6.99. The van der Waals surface area contributed by atoms with Crippen molar-refractivity contribution in [1.29, 1.82) is 0 Å². The molecule has 1 aliphatic rings. The van der Waals surface area contributed by atoms with Gasteiger partial charge in [-0.1, -0.05) is 0 Å². The van der Waals surface area contributed by atoms with Crippen molar-refractivity contribution in [2.24, 2.45) is 5.73 Å². The molecule has 0 bridgehead atoms. The zero-order valence-corrected chi connectivity index (χ0v) is 11.3. The number of amides is 2. The van der Waals surface area contributed by atoms with E-state index < -0.39 is 61.1 Å². The van der Waals surface area contributed by atoms with E-state index in [2.05, 4.69) is 0 Å². The fraction of sp³-hybridized carbons (Fsp3) is 0.818. The lowest BCUT2D eigenvalue weighted by Gasteiger charge is -2.44. The summed E-state index contributed by atoms with van der Waals surface area (Å²) in [6, 6.07) is -1.22. The van der Waals surface area contributed by atoms with E-state index >= 15 is 0 Å². The van der Waals surface area contributed by atoms with Crippen LogP contribution in [0.1, 0.15) is 13.3 Å². The van der Waals surface area contributed by atoms with Crippen LogP contribution < -0.4 is 11.1 Å². The quantitative estimate of drug-likeness (QED) is 0.269. The highest BCUT2D eigenvalue weighted by Crippen LogP contribution is 2.29. The lowest BCUT2D eigenvalue weighted by molar-refractivity contribution is -0.284. The Morgan fingerprint density at radius 2 is 2.05 bits per heavy atom. The molecule has 0 aromatic heterocycles. The summed E-state index contributed by atoms with van der Waals surface area (Å²) in [7, 11) is 0. The number of nitrogens with two attached hydrogens (primary N) is 1. The number of aliphatic hydroxyl groups excluding tert-OH is 4. The maximum atomic E-state index is 11.7. The standard InChI is InChI=1S/C11H20N2O8/c1-4(15)13-10(19)11(20)2-5(16)7(12)9(21-11)8(18)6(17)3-14/h5-9,14,16-18,20H,2-3,12H2,1H3,(H,13,15,19)/t5-,6+,7+,8+,9+,11-/m0/s1. The summed E-state index contributed by atoms with van der Waals surface area (Å²) in [5.74, 6) is -4.58. The molecule has 0 saturated carbocycles. The third-order valence-corrected chi connectivity index (χ3v) is 3.20. The van der Waals surface area contributed by atoms with Crippen LogP contribution in [0.4, 0.5) is 0 Å². The van der Waals surface area contributed by atoms with E-state index in [1.54, 1.807) is 5.32 Å². The second-order valence-corrected chi connectivity index (χ2v) is 4.97. The zero-order valence-electron chi connectivity index (χ0n) is 11.3. The number of imide groups is 1. The second-order valence-electron chi connectivity index (χ2n) is 4.97. The molecule has 6 atom stereocenters. The summed E-state index contributed by atoms with van der Waals surface area (Å²) in [5, 5.41) is 49.6. The Morgan fingerprint density at radius 1 is 1.48 bits per heavy atom. The van der Waals surface area contributed by atoms with Crippen LogP contribution >= 0.6 is 0 Å². The van der Waals surface area contributed by atoms with Gasteiger partial charge in [-0.15, -0.1) is 0 Å². The molecule has 1 aliphatic heterocycles. The van der Waals surface area contributed by atoms with Gasteiger partial charge < -0.3 is 36.0 Å². The average molecular weight is 308 g/mol. The number of carbonyl (C=O) groups is 2. The summed E-state index contributed by atoms with van der Waals surface area (Å²) in [6.45, 7) is 0.218. The molecule has 1 fully saturated rings. The fourth-order valence-electron chi connectivity index (χ4n) is 2.02. The van der Waals surface area contributed by atoms with Crippen molar-refractivity contribution in [2.75, 3.05) is 6.61 Å². The van der Waals surface area contributed by atoms with Crippen LogP contribution in [0.5, 0.6) is 0 Å². The van der Waals surface area contributed by atoms with Crippen LogP contribution in [0.2, 0.25) is 0 Å². The molecule has 0 aromatic rings. The molecule has 8 N–H and O–H groups in total. The van der Waals surface area contributed by atoms with E-state index in [4.69, 9.17) is 15.6 Å². The number of hydrogen-bond acceptors (Lipinski definition) is 9. The minimum Gasteiger partial charge on any atom is -0.394 e. The normalized spacial score (nSPS) is 35.9. The van der Waals surface area contributed by atoms with Crippen molar-refractivity contribution in [3.8, 4) is 0 Å². The van der Waals surface area contributed by atoms with Crippen LogP contribution in [0.3, 0.4) is 0 Å². The monoisotopic (exact) mass is 308 g/mol. The minimum absolute atomic E-state index is 0.619. The maximum Gasteiger partial charge on any atom is 0.286 e. The summed E-state index contributed by atoms with van der Waals surface area (Å²) >= 11 is 0. The lowest BCUT2D eigenvalue weighted by atomic mass is 9.89. The molecule has 2 amide bonds. The molecule has 0 aliphatic carbocycles. The first kappa shape index (κ1) is 17.9. The van der Waals surface area contributed by atoms with Gasteiger partial charge >= 0.3 is 0 Å². The van der Waals surface area contributed by atoms with Gasteiger partial charge in [-0.3, -0.25) is 14.9 Å². The van der Waals surface area contributed by atoms with Gasteiger partial charge in [0.2, 0.25) is 5.91 Å². The van der Waals surface area contributed by atoms with E-state index in [1.165, 1.54) is 0 Å². The van der Waals surface area contributed by atoms with Gasteiger partial charge in [-0.25, -0.2) is 0 Å². The first-order valence-corrected chi connectivity index (χ1v) is 6.25. The largest absolute Gasteiger partial charge is 0.394 e. The Labute approximate surface area is 120 Å². The van der Waals surface area contributed by atoms with Crippen molar-refractivity contribution < 1.29 is 39.9 Å². The molecule has 0 spiro atoms. The third-order valence-electron chi connectivity index (χ3n) is 3.20. The van der Waals surface area contributed by atoms with Gasteiger partial charge in [0.1, 0.15) is 18.3 Å². The number of nitrogens with one attached hydrogen (secondary N) is 1. The van der Waals surface area contributed by atoms with Gasteiger partial charge in [0, 0.05) is 13.3 Å². The van der Waals surface area contributed by atoms with Gasteiger partial charge in [0.15, 0.2) is 0 Å². The molecular formula is C11H20N2O8. The van der Waals surface area contributed by atoms with E-state index in [0.29, 0.717) is 0 Å². The number of rotatable bonds is 4. The second kappa shape index (κ2) is 6.75. The smallest absolute Gasteiger partial charge is 0.286 e. The summed E-state index contributed by atoms with van der Waals surface area (Å²) < 4.78 is 4.99. The Balaban J connectivity index is 2.96. The van der Waals surface area contributed by atoms with Gasteiger partial charge in [0.05, 0.1) is 18.8 Å². The Kier molecular flexibility index (Phi) is 5.75. The van der Waals surface area contributed by atoms with Crippen LogP contribution in [0.15, 0.2) is 0 Å². The van der Waals surface area contributed by atoms with Gasteiger partial charge in [-0.2, -0.15) is 0 Å². The maximum absolute atomic E-state index is 11.7. The first-order chi connectivity index (χ1) is 9.62. The molecule has 10 heteroatoms. The van der Waals surface area contributed by atoms with Crippen LogP contribution in [-0.2, 0) is 14.3 Å². The Morgan fingerprint density at radius 3 is 2.52 bits per heavy atom. The predicted octanol–water partition coefficient (Wildman–Crippen LogP) is -4.47. The first-order valence-electron chi connectivity index (χ1n) is 6.25. The van der Waals surface area contributed by atoms with E-state index in [1.807, 2.05) is 0 Å². The molecule has 1 rings (SSSR count). The summed E-state index contributed by atoms with van der Waals surface area (Å²) in [5.41, 5.74) is 5.60. The van der Waals surface area contributed by atoms with Gasteiger partial charge in [0.25, 0.3) is 11.7 Å². The zero-order chi connectivity index (χ0) is 16.4. The molecule has 1 saturated heterocycles. The number of ether oxygens (including phenoxy) is 1. The molecular weight excluding hydrogens is 288 g/mol. The highest BCUT2D eigenvalue weighted by molar-refractivity contribution is 5.97. The molecule has 122 valence electrons. The molecule has 21 heavy (non-hydrogen) atoms. The van der Waals surface area contributed by atoms with Crippen molar-refractivity contribution in [3.05, 3.63) is 0 Å². The van der Waals surface area contributed by atoms with Crippen molar-refractivity contribution in [3.63, 3.8) is 0 Å². The predicted molar refractivity (Wildman–Crippen MR) is 66.3 cm³/mol. The van der Waals surface area contributed by atoms with E-state index in [0.717, 1.165) is 6.92 Å². The molecule has 0 unspecified atom stereocenters. The van der Waals surface area contributed by atoms with Crippen LogP contribution in [0, 0.1) is 0 Å². The molecule has 0 aromatic carbocycles. The van der Waals surface area contributed by atoms with Gasteiger partial charge in [-0.05, 0) is 0 Å². The van der Waals surface area contributed by atoms with Crippen molar-refractivity contribution in [1.82, 2.24) is 5.32 Å². The minimum atomic E-state index is -2.60. The molecule has 10 nitrogen and oxygen atoms in total. The molecule has 1 heterocycles. The highest BCUT2D eigenvalue weighted by Gasteiger charge is 2.52. The SMILES string of the molecule is CC(=O)NC(=O)[C@]1(O)C[C@H](O)[C@@H](N)[C@H]([C@H](O)[C@H](O)CO)O1. The van der Waals surface area contributed by atoms with E-state index in [9.17, 15) is 30.0 Å². The molecule has 0 radical (unpaired) electrons. The number of carbonyl (C=O) groups excluding carboxylic acids is 2. The Bertz CT molecular complexity index is 406. The fourth-order valence-corrected chi connectivity index (χ4v) is 2.02. The van der Waals surface area contributed by atoms with Crippen LogP contribution in [-0.4, -0.2) is 80.2 Å². The topological polar surface area (TPSA) is 183 Å². The van der Waals surface area contributed by atoms with Crippen molar-refractivity contribution in [2.45, 2.75) is 49.6 Å². The number of aliphatic hydroxyl groups is 5. The third kappa shape index (κ3) is 3.95. The van der Waals surface area contributed by atoms with E-state index in [-0.39, 0.29) is 0 Å². The number of hydrogen-bond donors (Lipinski definition) is 7. The van der Waals surface area contributed by atoms with Crippen LogP contribution in [0.25, 0.3) is 0 Å². The summed E-state index contributed by atoms with van der Waals surface area (Å²) in [4.78, 5) is 22.6. The lowest BCUT2D eigenvalue weighted by Crippen LogP contribution is -2.67. The van der Waals surface area contributed by atoms with Crippen molar-refractivity contribution >= 4 is 11.8 Å². The average Bonchev–Trinajstić information content (AvgIpc) is 2.40. The Hall–Kier alpha value is -1.14. The highest BCUT2D eigenvalue weighted by atomic mass is 16.6.